The summed E-state index contributed by atoms with van der Waals surface area (Å²) in [7, 11) is -3.41. The highest BCUT2D eigenvalue weighted by Gasteiger charge is 2.15. The van der Waals surface area contributed by atoms with Crippen molar-refractivity contribution in [3.8, 4) is 5.69 Å². The molecule has 0 unspecified atom stereocenters. The van der Waals surface area contributed by atoms with E-state index in [-0.39, 0.29) is 24.1 Å². The Hall–Kier alpha value is -3.86. The molecule has 0 aliphatic carbocycles. The zero-order valence-corrected chi connectivity index (χ0v) is 17.1. The van der Waals surface area contributed by atoms with Gasteiger partial charge in [-0.2, -0.15) is 5.10 Å². The van der Waals surface area contributed by atoms with Crippen LogP contribution in [0.2, 0.25) is 0 Å². The van der Waals surface area contributed by atoms with Gasteiger partial charge in [0, 0.05) is 24.3 Å². The van der Waals surface area contributed by atoms with E-state index in [9.17, 15) is 17.6 Å². The first-order valence-corrected chi connectivity index (χ1v) is 11.0. The number of fused-ring (bicyclic) bond motifs is 1. The second kappa shape index (κ2) is 8.11. The van der Waals surface area contributed by atoms with Crippen LogP contribution in [-0.2, 0) is 16.6 Å². The summed E-state index contributed by atoms with van der Waals surface area (Å²) < 4.78 is 39.5. The number of carbonyl (C=O) groups excluding carboxylic acids is 1. The number of hydrogen-bond donors (Lipinski definition) is 2. The van der Waals surface area contributed by atoms with Crippen LogP contribution in [-0.4, -0.2) is 40.3 Å². The fourth-order valence-corrected chi connectivity index (χ4v) is 3.47. The summed E-state index contributed by atoms with van der Waals surface area (Å²) in [5, 5.41) is 7.69. The van der Waals surface area contributed by atoms with E-state index in [0.717, 1.165) is 6.26 Å². The predicted molar refractivity (Wildman–Crippen MR) is 113 cm³/mol. The number of halogens is 1. The van der Waals surface area contributed by atoms with E-state index in [1.165, 1.54) is 30.6 Å². The number of sulfonamides is 1. The fraction of sp³-hybridized carbons (Fsp3) is 0.100. The van der Waals surface area contributed by atoms with Gasteiger partial charge in [0.1, 0.15) is 11.6 Å². The number of nitrogens with zero attached hydrogens (tertiary/aromatic N) is 4. The number of anilines is 1. The molecule has 9 nitrogen and oxygen atoms in total. The van der Waals surface area contributed by atoms with Crippen molar-refractivity contribution in [1.82, 2.24) is 25.1 Å². The van der Waals surface area contributed by atoms with Gasteiger partial charge in [0.15, 0.2) is 0 Å². The van der Waals surface area contributed by atoms with Crippen LogP contribution in [0.5, 0.6) is 0 Å². The quantitative estimate of drug-likeness (QED) is 0.475. The Morgan fingerprint density at radius 3 is 2.52 bits per heavy atom. The lowest BCUT2D eigenvalue weighted by atomic mass is 10.1. The summed E-state index contributed by atoms with van der Waals surface area (Å²) in [6, 6.07) is 9.01. The minimum absolute atomic E-state index is 0.188. The Bertz CT molecular complexity index is 1350. The van der Waals surface area contributed by atoms with Gasteiger partial charge in [-0.25, -0.2) is 22.5 Å². The first kappa shape index (κ1) is 20.4. The van der Waals surface area contributed by atoms with Gasteiger partial charge >= 0.3 is 0 Å². The molecule has 0 saturated carbocycles. The Kier molecular flexibility index (Phi) is 5.34. The summed E-state index contributed by atoms with van der Waals surface area (Å²) in [6.45, 7) is 0.188. The number of pyridine rings is 2. The molecule has 4 aromatic rings. The van der Waals surface area contributed by atoms with Gasteiger partial charge in [0.25, 0.3) is 5.91 Å². The molecule has 158 valence electrons. The van der Waals surface area contributed by atoms with Crippen LogP contribution in [0.15, 0.2) is 61.2 Å². The zero-order valence-electron chi connectivity index (χ0n) is 16.3. The number of rotatable bonds is 6. The third-order valence-electron chi connectivity index (χ3n) is 4.38. The monoisotopic (exact) mass is 440 g/mol. The van der Waals surface area contributed by atoms with Crippen LogP contribution in [0.1, 0.15) is 15.9 Å². The molecule has 3 heterocycles. The Balaban J connectivity index is 1.51. The molecule has 4 rings (SSSR count). The normalized spacial score (nSPS) is 11.4. The average Bonchev–Trinajstić information content (AvgIpc) is 3.17. The molecule has 0 bridgehead atoms. The van der Waals surface area contributed by atoms with E-state index in [4.69, 9.17) is 0 Å². The molecule has 0 atom stereocenters. The number of amides is 1. The average molecular weight is 440 g/mol. The van der Waals surface area contributed by atoms with Crippen LogP contribution in [0.25, 0.3) is 16.6 Å². The van der Waals surface area contributed by atoms with Crippen molar-refractivity contribution in [3.63, 3.8) is 0 Å². The summed E-state index contributed by atoms with van der Waals surface area (Å²) in [5.74, 6) is -0.511. The van der Waals surface area contributed by atoms with Crippen molar-refractivity contribution < 1.29 is 17.6 Å². The topological polar surface area (TPSA) is 119 Å². The first-order valence-electron chi connectivity index (χ1n) is 9.09. The van der Waals surface area contributed by atoms with Gasteiger partial charge in [0.05, 0.1) is 35.4 Å². The molecule has 0 saturated heterocycles. The fourth-order valence-electron chi connectivity index (χ4n) is 2.97. The van der Waals surface area contributed by atoms with Crippen molar-refractivity contribution in [1.29, 1.82) is 0 Å². The standard InChI is InChI=1S/C20H17FN6O3S/c1-31(29,30)26-19-7-2-13(8-23-19)9-24-20(28)17-10-22-12-18-16(17)11-25-27(18)15-5-3-14(21)4-6-15/h2-8,10-12H,9H2,1H3,(H,23,26)(H,24,28). The van der Waals surface area contributed by atoms with Crippen LogP contribution in [0, 0.1) is 5.82 Å². The zero-order chi connectivity index (χ0) is 22.0. The minimum atomic E-state index is -3.41. The van der Waals surface area contributed by atoms with Gasteiger partial charge in [0.2, 0.25) is 10.0 Å². The van der Waals surface area contributed by atoms with E-state index in [2.05, 4.69) is 25.1 Å². The van der Waals surface area contributed by atoms with Gasteiger partial charge in [-0.1, -0.05) is 6.07 Å². The van der Waals surface area contributed by atoms with Crippen LogP contribution < -0.4 is 10.0 Å². The largest absolute Gasteiger partial charge is 0.348 e. The highest BCUT2D eigenvalue weighted by atomic mass is 32.2. The van der Waals surface area contributed by atoms with Gasteiger partial charge in [-0.15, -0.1) is 0 Å². The Morgan fingerprint density at radius 1 is 1.06 bits per heavy atom. The first-order chi connectivity index (χ1) is 14.8. The second-order valence-corrected chi connectivity index (χ2v) is 8.51. The van der Waals surface area contributed by atoms with Crippen molar-refractivity contribution in [2.24, 2.45) is 0 Å². The van der Waals surface area contributed by atoms with Crippen molar-refractivity contribution in [2.75, 3.05) is 11.0 Å². The molecule has 0 fully saturated rings. The van der Waals surface area contributed by atoms with E-state index in [1.807, 2.05) is 0 Å². The Labute approximate surface area is 177 Å². The van der Waals surface area contributed by atoms with Crippen molar-refractivity contribution in [2.45, 2.75) is 6.54 Å². The molecule has 11 heteroatoms. The third kappa shape index (κ3) is 4.67. The second-order valence-electron chi connectivity index (χ2n) is 6.76. The maximum atomic E-state index is 13.2. The lowest BCUT2D eigenvalue weighted by Gasteiger charge is -2.08. The molecule has 0 spiro atoms. The molecule has 0 radical (unpaired) electrons. The SMILES string of the molecule is CS(=O)(=O)Nc1ccc(CNC(=O)c2cncc3c2cnn3-c2ccc(F)cc2)cn1. The molecule has 31 heavy (non-hydrogen) atoms. The maximum absolute atomic E-state index is 13.2. The minimum Gasteiger partial charge on any atom is -0.348 e. The lowest BCUT2D eigenvalue weighted by molar-refractivity contribution is 0.0952. The summed E-state index contributed by atoms with van der Waals surface area (Å²) >= 11 is 0. The van der Waals surface area contributed by atoms with Crippen LogP contribution in [0.3, 0.4) is 0 Å². The molecule has 1 amide bonds. The summed E-state index contributed by atoms with van der Waals surface area (Å²) in [4.78, 5) is 20.9. The van der Waals surface area contributed by atoms with E-state index >= 15 is 0 Å². The predicted octanol–water partition coefficient (Wildman–Crippen LogP) is 2.26. The van der Waals surface area contributed by atoms with Gasteiger partial charge < -0.3 is 5.32 Å². The number of carbonyl (C=O) groups is 1. The summed E-state index contributed by atoms with van der Waals surface area (Å²) in [5.41, 5.74) is 2.28. The third-order valence-corrected chi connectivity index (χ3v) is 4.96. The molecular weight excluding hydrogens is 423 g/mol. The molecule has 3 aromatic heterocycles. The van der Waals surface area contributed by atoms with Crippen LogP contribution >= 0.6 is 0 Å². The number of benzene rings is 1. The molecule has 0 aliphatic heterocycles. The highest BCUT2D eigenvalue weighted by molar-refractivity contribution is 7.92. The van der Waals surface area contributed by atoms with Crippen molar-refractivity contribution in [3.05, 3.63) is 78.1 Å². The molecule has 0 aliphatic rings. The molecule has 1 aromatic carbocycles. The maximum Gasteiger partial charge on any atom is 0.253 e. The Morgan fingerprint density at radius 2 is 1.84 bits per heavy atom. The lowest BCUT2D eigenvalue weighted by Crippen LogP contribution is -2.23. The van der Waals surface area contributed by atoms with Gasteiger partial charge in [-0.3, -0.25) is 14.5 Å². The number of aromatic nitrogens is 4. The van der Waals surface area contributed by atoms with E-state index in [1.54, 1.807) is 35.3 Å². The smallest absolute Gasteiger partial charge is 0.253 e. The molecular formula is C20H17FN6O3S. The van der Waals surface area contributed by atoms with Crippen LogP contribution in [0.4, 0.5) is 10.2 Å². The molecule has 2 N–H and O–H groups in total. The summed E-state index contributed by atoms with van der Waals surface area (Å²) in [6.07, 6.45) is 7.10. The highest BCUT2D eigenvalue weighted by Crippen LogP contribution is 2.21. The number of nitrogens with one attached hydrogen (secondary N) is 2. The van der Waals surface area contributed by atoms with E-state index in [0.29, 0.717) is 27.7 Å². The van der Waals surface area contributed by atoms with E-state index < -0.39 is 10.0 Å². The van der Waals surface area contributed by atoms with Crippen molar-refractivity contribution >= 4 is 32.7 Å². The van der Waals surface area contributed by atoms with Gasteiger partial charge in [-0.05, 0) is 35.9 Å². The number of hydrogen-bond acceptors (Lipinski definition) is 6.